The Balaban J connectivity index is 1.97. The van der Waals surface area contributed by atoms with Crippen molar-refractivity contribution in [3.63, 3.8) is 0 Å². The highest BCUT2D eigenvalue weighted by molar-refractivity contribution is 6.16. The Morgan fingerprint density at radius 1 is 1.12 bits per heavy atom. The van der Waals surface area contributed by atoms with E-state index in [0.717, 1.165) is 22.8 Å². The average molecular weight is 252 g/mol. The third kappa shape index (κ3) is 1.96. The zero-order chi connectivity index (χ0) is 11.7. The van der Waals surface area contributed by atoms with Crippen LogP contribution in [0.4, 0.5) is 0 Å². The van der Waals surface area contributed by atoms with Crippen LogP contribution in [0.25, 0.3) is 11.3 Å². The average Bonchev–Trinajstić information content (AvgIpc) is 2.87. The summed E-state index contributed by atoms with van der Waals surface area (Å²) in [6.45, 7) is 1.16. The maximum Gasteiger partial charge on any atom is 0.167 e. The molecule has 1 aromatic carbocycles. The Morgan fingerprint density at radius 3 is 2.71 bits per heavy atom. The van der Waals surface area contributed by atoms with E-state index in [2.05, 4.69) is 5.16 Å². The highest BCUT2D eigenvalue weighted by Gasteiger charge is 2.14. The molecule has 5 heteroatoms. The van der Waals surface area contributed by atoms with Crippen LogP contribution < -0.4 is 9.47 Å². The fraction of sp³-hybridized carbons (Fsp3) is 0.250. The fourth-order valence-electron chi connectivity index (χ4n) is 1.71. The zero-order valence-corrected chi connectivity index (χ0v) is 9.74. The summed E-state index contributed by atoms with van der Waals surface area (Å²) in [6, 6.07) is 7.48. The SMILES string of the molecule is ClCc1cc(-c2ccc3c(c2)OCCO3)on1. The van der Waals surface area contributed by atoms with Crippen LogP contribution >= 0.6 is 11.6 Å². The summed E-state index contributed by atoms with van der Waals surface area (Å²) < 4.78 is 16.2. The molecule has 0 saturated heterocycles. The Kier molecular flexibility index (Phi) is 2.65. The lowest BCUT2D eigenvalue weighted by Crippen LogP contribution is -2.15. The summed E-state index contributed by atoms with van der Waals surface area (Å²) in [4.78, 5) is 0. The number of rotatable bonds is 2. The van der Waals surface area contributed by atoms with E-state index in [1.807, 2.05) is 24.3 Å². The van der Waals surface area contributed by atoms with Gasteiger partial charge >= 0.3 is 0 Å². The molecule has 1 aliphatic rings. The van der Waals surface area contributed by atoms with E-state index >= 15 is 0 Å². The number of hydrogen-bond donors (Lipinski definition) is 0. The Morgan fingerprint density at radius 2 is 1.94 bits per heavy atom. The maximum absolute atomic E-state index is 5.68. The van der Waals surface area contributed by atoms with Crippen molar-refractivity contribution >= 4 is 11.6 Å². The molecule has 17 heavy (non-hydrogen) atoms. The number of halogens is 1. The lowest BCUT2D eigenvalue weighted by molar-refractivity contribution is 0.171. The number of ether oxygens (including phenoxy) is 2. The number of benzene rings is 1. The fourth-order valence-corrected chi connectivity index (χ4v) is 1.83. The molecule has 0 N–H and O–H groups in total. The van der Waals surface area contributed by atoms with Crippen molar-refractivity contribution in [1.29, 1.82) is 0 Å². The summed E-state index contributed by atoms with van der Waals surface area (Å²) in [5, 5.41) is 3.84. The van der Waals surface area contributed by atoms with Gasteiger partial charge in [-0.15, -0.1) is 11.6 Å². The number of fused-ring (bicyclic) bond motifs is 1. The van der Waals surface area contributed by atoms with Gasteiger partial charge in [0, 0.05) is 11.6 Å². The summed E-state index contributed by atoms with van der Waals surface area (Å²) in [5.41, 5.74) is 1.62. The van der Waals surface area contributed by atoms with Gasteiger partial charge in [0.05, 0.1) is 11.6 Å². The van der Waals surface area contributed by atoms with Gasteiger partial charge in [0.1, 0.15) is 13.2 Å². The van der Waals surface area contributed by atoms with Crippen molar-refractivity contribution in [3.05, 3.63) is 30.0 Å². The van der Waals surface area contributed by atoms with E-state index in [9.17, 15) is 0 Å². The molecule has 0 radical (unpaired) electrons. The van der Waals surface area contributed by atoms with Crippen molar-refractivity contribution in [2.75, 3.05) is 13.2 Å². The third-order valence-corrected chi connectivity index (χ3v) is 2.80. The number of hydrogen-bond acceptors (Lipinski definition) is 4. The van der Waals surface area contributed by atoms with E-state index < -0.39 is 0 Å². The second-order valence-electron chi connectivity index (χ2n) is 3.67. The number of aromatic nitrogens is 1. The van der Waals surface area contributed by atoms with Crippen LogP contribution in [0, 0.1) is 0 Å². The quantitative estimate of drug-likeness (QED) is 0.770. The van der Waals surface area contributed by atoms with Crippen LogP contribution in [0.15, 0.2) is 28.8 Å². The molecule has 0 unspecified atom stereocenters. The van der Waals surface area contributed by atoms with Crippen molar-refractivity contribution in [2.45, 2.75) is 5.88 Å². The highest BCUT2D eigenvalue weighted by atomic mass is 35.5. The first-order valence-electron chi connectivity index (χ1n) is 5.28. The molecule has 2 aromatic rings. The molecule has 1 aromatic heterocycles. The second kappa shape index (κ2) is 4.30. The molecule has 0 saturated carbocycles. The lowest BCUT2D eigenvalue weighted by Gasteiger charge is -2.18. The van der Waals surface area contributed by atoms with Gasteiger partial charge < -0.3 is 14.0 Å². The molecule has 2 heterocycles. The highest BCUT2D eigenvalue weighted by Crippen LogP contribution is 2.34. The van der Waals surface area contributed by atoms with Crippen LogP contribution in [0.1, 0.15) is 5.69 Å². The van der Waals surface area contributed by atoms with Gasteiger partial charge in [-0.2, -0.15) is 0 Å². The summed E-state index contributed by atoms with van der Waals surface area (Å²) >= 11 is 5.68. The Labute approximate surface area is 103 Å². The molecular formula is C12H10ClNO3. The molecule has 88 valence electrons. The first-order chi connectivity index (χ1) is 8.36. The van der Waals surface area contributed by atoms with Crippen LogP contribution in [0.5, 0.6) is 11.5 Å². The first-order valence-corrected chi connectivity index (χ1v) is 5.82. The van der Waals surface area contributed by atoms with E-state index in [1.54, 1.807) is 0 Å². The van der Waals surface area contributed by atoms with Crippen molar-refractivity contribution in [3.8, 4) is 22.8 Å². The molecular weight excluding hydrogens is 242 g/mol. The largest absolute Gasteiger partial charge is 0.486 e. The van der Waals surface area contributed by atoms with Crippen LogP contribution in [-0.2, 0) is 5.88 Å². The summed E-state index contributed by atoms with van der Waals surface area (Å²) in [6.07, 6.45) is 0. The minimum atomic E-state index is 0.341. The lowest BCUT2D eigenvalue weighted by atomic mass is 10.1. The monoisotopic (exact) mass is 251 g/mol. The summed E-state index contributed by atoms with van der Waals surface area (Å²) in [7, 11) is 0. The Hall–Kier alpha value is -1.68. The molecule has 0 aliphatic carbocycles. The van der Waals surface area contributed by atoms with E-state index in [1.165, 1.54) is 0 Å². The van der Waals surface area contributed by atoms with Crippen molar-refractivity contribution < 1.29 is 14.0 Å². The van der Waals surface area contributed by atoms with Gasteiger partial charge in [-0.05, 0) is 18.2 Å². The molecule has 4 nitrogen and oxygen atoms in total. The molecule has 0 atom stereocenters. The van der Waals surface area contributed by atoms with E-state index in [0.29, 0.717) is 24.9 Å². The molecule has 0 fully saturated rings. The van der Waals surface area contributed by atoms with Gasteiger partial charge in [0.2, 0.25) is 0 Å². The second-order valence-corrected chi connectivity index (χ2v) is 3.94. The standard InChI is InChI=1S/C12H10ClNO3/c13-7-9-6-11(17-14-9)8-1-2-10-12(5-8)16-4-3-15-10/h1-2,5-6H,3-4,7H2. The summed E-state index contributed by atoms with van der Waals surface area (Å²) in [5.74, 6) is 2.51. The minimum absolute atomic E-state index is 0.341. The normalized spacial score (nSPS) is 13.7. The van der Waals surface area contributed by atoms with Crippen molar-refractivity contribution in [1.82, 2.24) is 5.16 Å². The van der Waals surface area contributed by atoms with Gasteiger partial charge in [-0.3, -0.25) is 0 Å². The smallest absolute Gasteiger partial charge is 0.167 e. The van der Waals surface area contributed by atoms with Crippen LogP contribution in [0.2, 0.25) is 0 Å². The Bertz CT molecular complexity index is 538. The zero-order valence-electron chi connectivity index (χ0n) is 8.98. The molecule has 0 amide bonds. The van der Waals surface area contributed by atoms with E-state index in [-0.39, 0.29) is 0 Å². The maximum atomic E-state index is 5.68. The number of alkyl halides is 1. The van der Waals surface area contributed by atoms with Crippen LogP contribution in [0.3, 0.4) is 0 Å². The molecule has 1 aliphatic heterocycles. The van der Waals surface area contributed by atoms with Gasteiger partial charge in [0.25, 0.3) is 0 Å². The number of nitrogens with zero attached hydrogens (tertiary/aromatic N) is 1. The molecule has 0 spiro atoms. The third-order valence-electron chi connectivity index (χ3n) is 2.52. The van der Waals surface area contributed by atoms with Gasteiger partial charge in [0.15, 0.2) is 17.3 Å². The predicted molar refractivity (Wildman–Crippen MR) is 62.5 cm³/mol. The predicted octanol–water partition coefficient (Wildman–Crippen LogP) is 2.85. The minimum Gasteiger partial charge on any atom is -0.486 e. The van der Waals surface area contributed by atoms with E-state index in [4.69, 9.17) is 25.6 Å². The molecule has 0 bridgehead atoms. The van der Waals surface area contributed by atoms with Gasteiger partial charge in [-0.1, -0.05) is 5.16 Å². The van der Waals surface area contributed by atoms with Crippen LogP contribution in [-0.4, -0.2) is 18.4 Å². The topological polar surface area (TPSA) is 44.5 Å². The van der Waals surface area contributed by atoms with Crippen molar-refractivity contribution in [2.24, 2.45) is 0 Å². The molecule has 3 rings (SSSR count). The first kappa shape index (κ1) is 10.5. The van der Waals surface area contributed by atoms with Gasteiger partial charge in [-0.25, -0.2) is 0 Å².